The molecule has 0 atom stereocenters. The van der Waals surface area contributed by atoms with Gasteiger partial charge in [-0.2, -0.15) is 0 Å². The number of hydrogen-bond donors (Lipinski definition) is 0. The number of aromatic nitrogens is 4. The number of benzene rings is 12. The molecule has 7 heteroatoms. The van der Waals surface area contributed by atoms with E-state index in [2.05, 4.69) is 282 Å². The smallest absolute Gasteiger partial charge is 0.260 e. The summed E-state index contributed by atoms with van der Waals surface area (Å²) in [5.41, 5.74) is 20.0. The molecule has 0 amide bonds. The Morgan fingerprint density at radius 1 is 0.289 bits per heavy atom. The van der Waals surface area contributed by atoms with Crippen molar-refractivity contribution >= 4 is 66.7 Å². The van der Waals surface area contributed by atoms with Gasteiger partial charge in [0.15, 0.2) is 5.82 Å². The molecule has 0 fully saturated rings. The molecule has 0 aliphatic carbocycles. The highest BCUT2D eigenvalue weighted by atomic mass is 16.5. The minimum absolute atomic E-state index is 0.398. The van der Waals surface area contributed by atoms with E-state index in [0.717, 1.165) is 129 Å². The maximum absolute atomic E-state index is 7.78. The lowest BCUT2D eigenvalue weighted by atomic mass is 9.34. The summed E-state index contributed by atoms with van der Waals surface area (Å²) in [6, 6.07) is 101. The standard InChI is InChI=1S/C76H47BN4O2/c1-6-24-48(25-7-1)57-43-61-71(46-69(57)80-65-38-20-16-34-53(65)54-35-17-21-39-66(54)80)82-74-59(50-28-10-3-11-29-50)42-60(76-78-63(51-30-12-4-13-31-51)45-64(79-76)52-32-14-5-15-33-52)75-73(74)77(61)62-44-58(49-26-8-2-9-27-49)70(47-72(62)83-75)81-67-40-22-18-36-55(67)56-37-19-23-41-68(56)81/h1-47H. The van der Waals surface area contributed by atoms with Gasteiger partial charge in [-0.3, -0.25) is 0 Å². The maximum Gasteiger partial charge on any atom is 0.260 e. The molecule has 0 bridgehead atoms. The number of rotatable bonds is 8. The molecule has 0 saturated carbocycles. The van der Waals surface area contributed by atoms with Crippen molar-refractivity contribution in [2.45, 2.75) is 0 Å². The van der Waals surface area contributed by atoms with E-state index in [-0.39, 0.29) is 0 Å². The van der Waals surface area contributed by atoms with Crippen molar-refractivity contribution < 1.29 is 9.47 Å². The van der Waals surface area contributed by atoms with Gasteiger partial charge in [-0.15, -0.1) is 0 Å². The van der Waals surface area contributed by atoms with Gasteiger partial charge in [0.1, 0.15) is 23.0 Å². The molecule has 0 saturated heterocycles. The largest absolute Gasteiger partial charge is 0.458 e. The number of hydrogen-bond acceptors (Lipinski definition) is 4. The Hall–Kier alpha value is -11.0. The Bertz CT molecular complexity index is 4860. The molecule has 0 radical (unpaired) electrons. The van der Waals surface area contributed by atoms with Gasteiger partial charge in [-0.25, -0.2) is 9.97 Å². The second kappa shape index (κ2) is 18.8. The zero-order chi connectivity index (χ0) is 54.5. The van der Waals surface area contributed by atoms with Crippen LogP contribution in [-0.2, 0) is 0 Å². The fraction of sp³-hybridized carbons (Fsp3) is 0. The van der Waals surface area contributed by atoms with E-state index in [1.807, 2.05) is 12.1 Å². The van der Waals surface area contributed by atoms with Gasteiger partial charge >= 0.3 is 0 Å². The molecule has 6 nitrogen and oxygen atoms in total. The highest BCUT2D eigenvalue weighted by Crippen LogP contribution is 2.49. The van der Waals surface area contributed by atoms with Crippen LogP contribution in [-0.4, -0.2) is 25.8 Å². The van der Waals surface area contributed by atoms with Gasteiger partial charge in [0.05, 0.1) is 50.4 Å². The van der Waals surface area contributed by atoms with Crippen molar-refractivity contribution in [3.8, 4) is 102 Å². The van der Waals surface area contributed by atoms with Gasteiger partial charge in [-0.1, -0.05) is 237 Å². The SMILES string of the molecule is c1ccc(-c2cc(-c3ccccc3)nc(-c3cc(-c4ccccc4)c4c5c3Oc3cc(-n6c7ccccc7c7ccccc76)c(-c6ccccc6)cc3B5c3cc(-c5ccccc5)c(-n5c6ccccc6c6ccccc65)cc3O4)n2)cc1. The van der Waals surface area contributed by atoms with Gasteiger partial charge < -0.3 is 18.6 Å². The Labute approximate surface area is 479 Å². The first-order chi connectivity index (χ1) is 41.2. The average Bonchev–Trinajstić information content (AvgIpc) is 2.04. The summed E-state index contributed by atoms with van der Waals surface area (Å²) in [6.45, 7) is -0.398. The molecule has 0 unspecified atom stereocenters. The fourth-order valence-electron chi connectivity index (χ4n) is 13.2. The molecule has 3 aromatic heterocycles. The Kier molecular flexibility index (Phi) is 10.6. The summed E-state index contributed by atoms with van der Waals surface area (Å²) in [6.07, 6.45) is 0. The van der Waals surface area contributed by atoms with E-state index >= 15 is 0 Å². The van der Waals surface area contributed by atoms with Crippen LogP contribution in [0.3, 0.4) is 0 Å². The fourth-order valence-corrected chi connectivity index (χ4v) is 13.2. The lowest BCUT2D eigenvalue weighted by Crippen LogP contribution is -2.57. The lowest BCUT2D eigenvalue weighted by Gasteiger charge is -2.36. The monoisotopic (exact) mass is 1060 g/mol. The minimum Gasteiger partial charge on any atom is -0.458 e. The van der Waals surface area contributed by atoms with E-state index in [1.165, 1.54) is 21.5 Å². The van der Waals surface area contributed by atoms with Crippen LogP contribution in [0.2, 0.25) is 0 Å². The topological polar surface area (TPSA) is 54.1 Å². The number of ether oxygens (including phenoxy) is 2. The van der Waals surface area contributed by atoms with Crippen LogP contribution >= 0.6 is 0 Å². The first kappa shape index (κ1) is 46.9. The first-order valence-corrected chi connectivity index (χ1v) is 28.2. The maximum atomic E-state index is 7.78. The summed E-state index contributed by atoms with van der Waals surface area (Å²) in [7, 11) is 0. The second-order valence-electron chi connectivity index (χ2n) is 21.5. The summed E-state index contributed by atoms with van der Waals surface area (Å²) < 4.78 is 20.3. The second-order valence-corrected chi connectivity index (χ2v) is 21.5. The van der Waals surface area contributed by atoms with Crippen LogP contribution < -0.4 is 25.9 Å². The van der Waals surface area contributed by atoms with E-state index < -0.39 is 6.71 Å². The summed E-state index contributed by atoms with van der Waals surface area (Å²) in [5, 5.41) is 4.74. The predicted molar refractivity (Wildman–Crippen MR) is 341 cm³/mol. The molecule has 12 aromatic carbocycles. The van der Waals surface area contributed by atoms with Crippen LogP contribution in [0.4, 0.5) is 0 Å². The molecule has 5 heterocycles. The van der Waals surface area contributed by atoms with E-state index in [9.17, 15) is 0 Å². The third-order valence-corrected chi connectivity index (χ3v) is 16.9. The molecular weight excluding hydrogens is 1010 g/mol. The molecule has 2 aliphatic heterocycles. The van der Waals surface area contributed by atoms with Crippen molar-refractivity contribution in [3.63, 3.8) is 0 Å². The summed E-state index contributed by atoms with van der Waals surface area (Å²) in [5.74, 6) is 3.43. The van der Waals surface area contributed by atoms with Crippen molar-refractivity contribution in [2.24, 2.45) is 0 Å². The van der Waals surface area contributed by atoms with Gasteiger partial charge in [0.2, 0.25) is 0 Å². The Morgan fingerprint density at radius 3 is 1.00 bits per heavy atom. The lowest BCUT2D eigenvalue weighted by molar-refractivity contribution is 0.466. The van der Waals surface area contributed by atoms with Gasteiger partial charge in [0, 0.05) is 67.0 Å². The third-order valence-electron chi connectivity index (χ3n) is 16.9. The number of nitrogens with zero attached hydrogens (tertiary/aromatic N) is 4. The number of fused-ring (bicyclic) bond motifs is 10. The van der Waals surface area contributed by atoms with Crippen molar-refractivity contribution in [3.05, 3.63) is 285 Å². The van der Waals surface area contributed by atoms with Crippen LogP contribution in [0.15, 0.2) is 285 Å². The van der Waals surface area contributed by atoms with Crippen molar-refractivity contribution in [1.29, 1.82) is 0 Å². The van der Waals surface area contributed by atoms with Crippen molar-refractivity contribution in [2.75, 3.05) is 0 Å². The Balaban J connectivity index is 1.01. The quantitative estimate of drug-likeness (QED) is 0.142. The third kappa shape index (κ3) is 7.45. The zero-order valence-electron chi connectivity index (χ0n) is 44.8. The molecule has 83 heavy (non-hydrogen) atoms. The highest BCUT2D eigenvalue weighted by Gasteiger charge is 2.45. The van der Waals surface area contributed by atoms with E-state index in [0.29, 0.717) is 11.6 Å². The van der Waals surface area contributed by atoms with Crippen molar-refractivity contribution in [1.82, 2.24) is 19.1 Å². The van der Waals surface area contributed by atoms with Crippen LogP contribution in [0, 0.1) is 0 Å². The van der Waals surface area contributed by atoms with E-state index in [4.69, 9.17) is 19.4 Å². The predicted octanol–water partition coefficient (Wildman–Crippen LogP) is 17.4. The molecule has 0 spiro atoms. The minimum atomic E-state index is -0.398. The Morgan fingerprint density at radius 2 is 0.614 bits per heavy atom. The highest BCUT2D eigenvalue weighted by molar-refractivity contribution is 6.98. The van der Waals surface area contributed by atoms with Crippen LogP contribution in [0.25, 0.3) is 122 Å². The summed E-state index contributed by atoms with van der Waals surface area (Å²) >= 11 is 0. The van der Waals surface area contributed by atoms with Gasteiger partial charge in [0.25, 0.3) is 6.71 Å². The zero-order valence-corrected chi connectivity index (χ0v) is 44.8. The van der Waals surface area contributed by atoms with Crippen LogP contribution in [0.5, 0.6) is 23.0 Å². The molecule has 386 valence electrons. The van der Waals surface area contributed by atoms with Crippen LogP contribution in [0.1, 0.15) is 0 Å². The molecule has 17 rings (SSSR count). The first-order valence-electron chi connectivity index (χ1n) is 28.2. The molecular formula is C76H47BN4O2. The normalized spacial score (nSPS) is 12.3. The molecule has 0 N–H and O–H groups in total. The molecule has 15 aromatic rings. The van der Waals surface area contributed by atoms with E-state index in [1.54, 1.807) is 0 Å². The number of para-hydroxylation sites is 4. The summed E-state index contributed by atoms with van der Waals surface area (Å²) in [4.78, 5) is 11.1. The average molecular weight is 1060 g/mol. The molecule has 2 aliphatic rings. The van der Waals surface area contributed by atoms with Gasteiger partial charge in [-0.05, 0) is 64.0 Å².